The molecular formula is C23H24ClN5O3. The van der Waals surface area contributed by atoms with Crippen LogP contribution >= 0.6 is 11.6 Å². The molecule has 0 N–H and O–H groups in total. The van der Waals surface area contributed by atoms with Gasteiger partial charge in [0, 0.05) is 23.3 Å². The average Bonchev–Trinajstić information content (AvgIpc) is 3.53. The predicted octanol–water partition coefficient (Wildman–Crippen LogP) is 3.56. The third kappa shape index (κ3) is 4.03. The summed E-state index contributed by atoms with van der Waals surface area (Å²) in [4.78, 5) is 18.5. The van der Waals surface area contributed by atoms with Gasteiger partial charge in [-0.15, -0.1) is 5.10 Å². The molecule has 1 amide bonds. The summed E-state index contributed by atoms with van der Waals surface area (Å²) in [7, 11) is 1.60. The number of benzene rings is 2. The highest BCUT2D eigenvalue weighted by molar-refractivity contribution is 6.30. The lowest BCUT2D eigenvalue weighted by Gasteiger charge is -2.19. The molecule has 0 spiro atoms. The summed E-state index contributed by atoms with van der Waals surface area (Å²) in [6.45, 7) is 4.13. The number of amides is 1. The van der Waals surface area contributed by atoms with Crippen LogP contribution < -0.4 is 14.4 Å². The van der Waals surface area contributed by atoms with Gasteiger partial charge < -0.3 is 14.4 Å². The molecule has 2 aliphatic rings. The second kappa shape index (κ2) is 8.80. The van der Waals surface area contributed by atoms with E-state index in [2.05, 4.69) is 15.1 Å². The van der Waals surface area contributed by atoms with Gasteiger partial charge in [-0.1, -0.05) is 11.6 Å². The Hall–Kier alpha value is -3.10. The van der Waals surface area contributed by atoms with Gasteiger partial charge in [-0.2, -0.15) is 9.90 Å². The second-order valence-electron chi connectivity index (χ2n) is 7.88. The van der Waals surface area contributed by atoms with Crippen molar-refractivity contribution in [2.45, 2.75) is 19.4 Å². The van der Waals surface area contributed by atoms with Crippen molar-refractivity contribution in [1.82, 2.24) is 19.9 Å². The van der Waals surface area contributed by atoms with Crippen LogP contribution in [-0.4, -0.2) is 59.2 Å². The minimum absolute atomic E-state index is 0.190. The zero-order chi connectivity index (χ0) is 22.1. The van der Waals surface area contributed by atoms with Crippen molar-refractivity contribution < 1.29 is 14.3 Å². The van der Waals surface area contributed by atoms with E-state index in [0.29, 0.717) is 41.1 Å². The standard InChI is InChI=1S/C23H24ClN5O3/c1-31-21-14-18(8-9-20(21)32-13-12-27-10-2-3-11-27)28-15-19-22(23(28)30)26-29(25-19)17-6-4-16(24)5-7-17/h4-9,14H,2-3,10-13,15H2,1H3. The van der Waals surface area contributed by atoms with Gasteiger partial charge in [0.25, 0.3) is 5.91 Å². The highest BCUT2D eigenvalue weighted by Crippen LogP contribution is 2.35. The molecule has 166 valence electrons. The van der Waals surface area contributed by atoms with E-state index in [0.717, 1.165) is 31.0 Å². The molecule has 3 heterocycles. The number of fused-ring (bicyclic) bond motifs is 1. The first-order chi connectivity index (χ1) is 15.6. The number of aromatic nitrogens is 3. The van der Waals surface area contributed by atoms with Gasteiger partial charge in [-0.25, -0.2) is 0 Å². The quantitative estimate of drug-likeness (QED) is 0.544. The van der Waals surface area contributed by atoms with Crippen molar-refractivity contribution in [2.24, 2.45) is 0 Å². The zero-order valence-electron chi connectivity index (χ0n) is 17.8. The summed E-state index contributed by atoms with van der Waals surface area (Å²) < 4.78 is 11.5. The van der Waals surface area contributed by atoms with Gasteiger partial charge in [0.1, 0.15) is 12.3 Å². The number of carbonyl (C=O) groups excluding carboxylic acids is 1. The average molecular weight is 454 g/mol. The predicted molar refractivity (Wildman–Crippen MR) is 121 cm³/mol. The highest BCUT2D eigenvalue weighted by Gasteiger charge is 2.34. The molecule has 2 aromatic carbocycles. The van der Waals surface area contributed by atoms with E-state index >= 15 is 0 Å². The Kier molecular flexibility index (Phi) is 5.71. The lowest BCUT2D eigenvalue weighted by Crippen LogP contribution is -2.25. The summed E-state index contributed by atoms with van der Waals surface area (Å²) in [5, 5.41) is 9.52. The normalized spacial score (nSPS) is 15.9. The van der Waals surface area contributed by atoms with E-state index in [1.54, 1.807) is 24.1 Å². The Morgan fingerprint density at radius 3 is 2.47 bits per heavy atom. The fourth-order valence-corrected chi connectivity index (χ4v) is 4.22. The molecule has 0 unspecified atom stereocenters. The maximum atomic E-state index is 13.0. The number of ether oxygens (including phenoxy) is 2. The monoisotopic (exact) mass is 453 g/mol. The molecule has 32 heavy (non-hydrogen) atoms. The summed E-state index contributed by atoms with van der Waals surface area (Å²) in [6.07, 6.45) is 2.52. The smallest absolute Gasteiger partial charge is 0.281 e. The summed E-state index contributed by atoms with van der Waals surface area (Å²) in [5.41, 5.74) is 2.46. The van der Waals surface area contributed by atoms with Crippen LogP contribution in [0.4, 0.5) is 5.69 Å². The Labute approximate surface area is 191 Å². The molecule has 2 aliphatic heterocycles. The SMILES string of the molecule is COc1cc(N2Cc3nn(-c4ccc(Cl)cc4)nc3C2=O)ccc1OCCN1CCCC1. The number of likely N-dealkylation sites (tertiary alicyclic amines) is 1. The van der Waals surface area contributed by atoms with Crippen molar-refractivity contribution in [3.8, 4) is 17.2 Å². The van der Waals surface area contributed by atoms with Gasteiger partial charge in [-0.3, -0.25) is 9.69 Å². The number of anilines is 1. The first-order valence-electron chi connectivity index (χ1n) is 10.7. The highest BCUT2D eigenvalue weighted by atomic mass is 35.5. The fraction of sp³-hybridized carbons (Fsp3) is 0.348. The van der Waals surface area contributed by atoms with Crippen molar-refractivity contribution in [1.29, 1.82) is 0 Å². The van der Waals surface area contributed by atoms with Crippen LogP contribution in [0.25, 0.3) is 5.69 Å². The number of methoxy groups -OCH3 is 1. The van der Waals surface area contributed by atoms with Crippen LogP contribution in [0.1, 0.15) is 29.0 Å². The number of nitrogens with zero attached hydrogens (tertiary/aromatic N) is 5. The first kappa shape index (κ1) is 20.8. The largest absolute Gasteiger partial charge is 0.493 e. The molecule has 0 atom stereocenters. The number of hydrogen-bond donors (Lipinski definition) is 0. The second-order valence-corrected chi connectivity index (χ2v) is 8.32. The van der Waals surface area contributed by atoms with E-state index in [1.807, 2.05) is 30.3 Å². The molecule has 3 aromatic rings. The van der Waals surface area contributed by atoms with Crippen LogP contribution in [0.3, 0.4) is 0 Å². The Morgan fingerprint density at radius 2 is 1.75 bits per heavy atom. The minimum Gasteiger partial charge on any atom is -0.493 e. The van der Waals surface area contributed by atoms with Crippen LogP contribution in [0.5, 0.6) is 11.5 Å². The van der Waals surface area contributed by atoms with E-state index in [1.165, 1.54) is 17.6 Å². The molecule has 0 aliphatic carbocycles. The molecule has 8 nitrogen and oxygen atoms in total. The number of rotatable bonds is 7. The molecule has 0 radical (unpaired) electrons. The van der Waals surface area contributed by atoms with Gasteiger partial charge in [0.2, 0.25) is 0 Å². The Morgan fingerprint density at radius 1 is 1.00 bits per heavy atom. The van der Waals surface area contributed by atoms with E-state index < -0.39 is 0 Å². The molecule has 1 fully saturated rings. The van der Waals surface area contributed by atoms with Crippen molar-refractivity contribution in [2.75, 3.05) is 38.3 Å². The summed E-state index contributed by atoms with van der Waals surface area (Å²) in [6, 6.07) is 12.7. The third-order valence-electron chi connectivity index (χ3n) is 5.82. The topological polar surface area (TPSA) is 72.7 Å². The van der Waals surface area contributed by atoms with Crippen molar-refractivity contribution in [3.05, 3.63) is 58.9 Å². The maximum Gasteiger partial charge on any atom is 0.281 e. The van der Waals surface area contributed by atoms with Crippen LogP contribution in [0.2, 0.25) is 5.02 Å². The van der Waals surface area contributed by atoms with Gasteiger partial charge in [0.15, 0.2) is 17.2 Å². The molecule has 0 saturated carbocycles. The summed E-state index contributed by atoms with van der Waals surface area (Å²) in [5.74, 6) is 1.08. The maximum absolute atomic E-state index is 13.0. The lowest BCUT2D eigenvalue weighted by molar-refractivity contribution is 0.0991. The number of carbonyl (C=O) groups is 1. The molecule has 9 heteroatoms. The zero-order valence-corrected chi connectivity index (χ0v) is 18.6. The van der Waals surface area contributed by atoms with Crippen LogP contribution in [0, 0.1) is 0 Å². The molecule has 1 saturated heterocycles. The van der Waals surface area contributed by atoms with Crippen LogP contribution in [-0.2, 0) is 6.54 Å². The minimum atomic E-state index is -0.190. The van der Waals surface area contributed by atoms with Gasteiger partial charge in [-0.05, 0) is 62.3 Å². The number of hydrogen-bond acceptors (Lipinski definition) is 6. The molecule has 5 rings (SSSR count). The van der Waals surface area contributed by atoms with Crippen molar-refractivity contribution in [3.63, 3.8) is 0 Å². The molecule has 0 bridgehead atoms. The third-order valence-corrected chi connectivity index (χ3v) is 6.07. The van der Waals surface area contributed by atoms with Crippen molar-refractivity contribution >= 4 is 23.2 Å². The van der Waals surface area contributed by atoms with Crippen LogP contribution in [0.15, 0.2) is 42.5 Å². The van der Waals surface area contributed by atoms with E-state index in [-0.39, 0.29) is 5.91 Å². The van der Waals surface area contributed by atoms with Gasteiger partial charge in [0.05, 0.1) is 19.3 Å². The lowest BCUT2D eigenvalue weighted by atomic mass is 10.2. The van der Waals surface area contributed by atoms with Gasteiger partial charge >= 0.3 is 0 Å². The summed E-state index contributed by atoms with van der Waals surface area (Å²) >= 11 is 5.95. The Balaban J connectivity index is 1.29. The van der Waals surface area contributed by atoms with E-state index in [9.17, 15) is 4.79 Å². The fourth-order valence-electron chi connectivity index (χ4n) is 4.09. The number of halogens is 1. The van der Waals surface area contributed by atoms with E-state index in [4.69, 9.17) is 21.1 Å². The Bertz CT molecular complexity index is 1130. The molecule has 1 aromatic heterocycles. The first-order valence-corrected chi connectivity index (χ1v) is 11.1. The molecular weight excluding hydrogens is 430 g/mol.